The number of benzene rings is 1. The van der Waals surface area contributed by atoms with Gasteiger partial charge in [-0.25, -0.2) is 4.98 Å². The lowest BCUT2D eigenvalue weighted by atomic mass is 10.1. The van der Waals surface area contributed by atoms with E-state index in [4.69, 9.17) is 5.73 Å². The molecule has 0 saturated carbocycles. The molecule has 0 aliphatic heterocycles. The van der Waals surface area contributed by atoms with Crippen LogP contribution in [0.5, 0.6) is 0 Å². The number of aromatic nitrogens is 4. The third kappa shape index (κ3) is 3.84. The van der Waals surface area contributed by atoms with Gasteiger partial charge in [0.25, 0.3) is 0 Å². The predicted molar refractivity (Wildman–Crippen MR) is 92.5 cm³/mol. The summed E-state index contributed by atoms with van der Waals surface area (Å²) in [4.78, 5) is 20.5. The number of carbonyl (C=O) groups excluding carboxylic acids is 1. The number of hydrogen-bond donors (Lipinski definition) is 3. The fourth-order valence-electron chi connectivity index (χ4n) is 2.11. The standard InChI is InChI=1S/C16H15BrN6O/c17-12-3-1-10(2-4-12)14(18)16(24)20-9-13-21-15(23-22-13)11-5-7-19-8-6-11/h1-8,14H,9,18H2,(H,20,24)(H,21,22,23). The Kier molecular flexibility index (Phi) is 4.97. The second kappa shape index (κ2) is 7.33. The summed E-state index contributed by atoms with van der Waals surface area (Å²) >= 11 is 3.35. The first-order chi connectivity index (χ1) is 11.6. The highest BCUT2D eigenvalue weighted by molar-refractivity contribution is 9.10. The Balaban J connectivity index is 1.60. The minimum Gasteiger partial charge on any atom is -0.347 e. The van der Waals surface area contributed by atoms with Crippen molar-refractivity contribution in [2.75, 3.05) is 0 Å². The fourth-order valence-corrected chi connectivity index (χ4v) is 2.37. The molecule has 24 heavy (non-hydrogen) atoms. The number of aromatic amines is 1. The molecule has 1 atom stereocenters. The first-order valence-corrected chi connectivity index (χ1v) is 8.03. The van der Waals surface area contributed by atoms with Gasteiger partial charge in [0.05, 0.1) is 6.54 Å². The number of rotatable bonds is 5. The van der Waals surface area contributed by atoms with E-state index in [0.29, 0.717) is 11.6 Å². The van der Waals surface area contributed by atoms with Crippen LogP contribution in [-0.2, 0) is 11.3 Å². The van der Waals surface area contributed by atoms with E-state index in [0.717, 1.165) is 15.6 Å². The average molecular weight is 387 g/mol. The number of H-pyrrole nitrogens is 1. The van der Waals surface area contributed by atoms with Crippen molar-refractivity contribution >= 4 is 21.8 Å². The zero-order valence-corrected chi connectivity index (χ0v) is 14.2. The molecule has 3 rings (SSSR count). The SMILES string of the molecule is NC(C(=O)NCc1nc(-c2ccncc2)n[nH]1)c1ccc(Br)cc1. The van der Waals surface area contributed by atoms with Crippen LogP contribution in [0.15, 0.2) is 53.3 Å². The molecule has 0 spiro atoms. The Hall–Kier alpha value is -2.58. The van der Waals surface area contributed by atoms with E-state index in [1.54, 1.807) is 12.4 Å². The molecule has 0 aliphatic rings. The van der Waals surface area contributed by atoms with Crippen LogP contribution in [-0.4, -0.2) is 26.1 Å². The van der Waals surface area contributed by atoms with Crippen LogP contribution in [0.1, 0.15) is 17.4 Å². The van der Waals surface area contributed by atoms with E-state index < -0.39 is 6.04 Å². The molecule has 1 aromatic carbocycles. The van der Waals surface area contributed by atoms with Gasteiger partial charge in [0.2, 0.25) is 5.91 Å². The minimum absolute atomic E-state index is 0.223. The lowest BCUT2D eigenvalue weighted by Gasteiger charge is -2.11. The molecule has 0 aliphatic carbocycles. The van der Waals surface area contributed by atoms with E-state index in [9.17, 15) is 4.79 Å². The van der Waals surface area contributed by atoms with Crippen molar-refractivity contribution in [3.63, 3.8) is 0 Å². The number of carbonyl (C=O) groups is 1. The number of amides is 1. The predicted octanol–water partition coefficient (Wildman–Crippen LogP) is 1.95. The van der Waals surface area contributed by atoms with Crippen molar-refractivity contribution in [2.24, 2.45) is 5.73 Å². The van der Waals surface area contributed by atoms with E-state index in [1.165, 1.54) is 0 Å². The van der Waals surface area contributed by atoms with Gasteiger partial charge in [-0.15, -0.1) is 0 Å². The highest BCUT2D eigenvalue weighted by Crippen LogP contribution is 2.16. The minimum atomic E-state index is -0.735. The molecule has 7 nitrogen and oxygen atoms in total. The van der Waals surface area contributed by atoms with Gasteiger partial charge in [0, 0.05) is 22.4 Å². The molecule has 122 valence electrons. The summed E-state index contributed by atoms with van der Waals surface area (Å²) in [5, 5.41) is 9.68. The van der Waals surface area contributed by atoms with Crippen molar-refractivity contribution in [3.05, 3.63) is 64.7 Å². The molecule has 0 saturated heterocycles. The van der Waals surface area contributed by atoms with E-state index in [-0.39, 0.29) is 12.5 Å². The normalized spacial score (nSPS) is 11.9. The van der Waals surface area contributed by atoms with Crippen LogP contribution in [0, 0.1) is 0 Å². The number of halogens is 1. The quantitative estimate of drug-likeness (QED) is 0.620. The van der Waals surface area contributed by atoms with Gasteiger partial charge in [-0.1, -0.05) is 28.1 Å². The molecule has 2 heterocycles. The highest BCUT2D eigenvalue weighted by Gasteiger charge is 2.16. The van der Waals surface area contributed by atoms with Crippen molar-refractivity contribution in [1.82, 2.24) is 25.5 Å². The molecule has 3 aromatic rings. The molecule has 8 heteroatoms. The lowest BCUT2D eigenvalue weighted by molar-refractivity contribution is -0.122. The summed E-state index contributed by atoms with van der Waals surface area (Å²) < 4.78 is 0.934. The van der Waals surface area contributed by atoms with Crippen molar-refractivity contribution < 1.29 is 4.79 Å². The largest absolute Gasteiger partial charge is 0.347 e. The van der Waals surface area contributed by atoms with Crippen LogP contribution in [0.25, 0.3) is 11.4 Å². The molecule has 2 aromatic heterocycles. The van der Waals surface area contributed by atoms with Crippen LogP contribution >= 0.6 is 15.9 Å². The van der Waals surface area contributed by atoms with Crippen LogP contribution in [0.3, 0.4) is 0 Å². The van der Waals surface area contributed by atoms with Crippen LogP contribution in [0.4, 0.5) is 0 Å². The van der Waals surface area contributed by atoms with Gasteiger partial charge in [0.1, 0.15) is 11.9 Å². The first kappa shape index (κ1) is 16.3. The molecular weight excluding hydrogens is 372 g/mol. The van der Waals surface area contributed by atoms with Crippen molar-refractivity contribution in [3.8, 4) is 11.4 Å². The van der Waals surface area contributed by atoms with Gasteiger partial charge < -0.3 is 11.1 Å². The van der Waals surface area contributed by atoms with E-state index in [1.807, 2.05) is 36.4 Å². The van der Waals surface area contributed by atoms with E-state index in [2.05, 4.69) is 41.4 Å². The molecule has 1 amide bonds. The van der Waals surface area contributed by atoms with Gasteiger partial charge >= 0.3 is 0 Å². The topological polar surface area (TPSA) is 110 Å². The fraction of sp³-hybridized carbons (Fsp3) is 0.125. The zero-order chi connectivity index (χ0) is 16.9. The number of pyridine rings is 1. The number of hydrogen-bond acceptors (Lipinski definition) is 5. The number of nitrogens with two attached hydrogens (primary N) is 1. The summed E-state index contributed by atoms with van der Waals surface area (Å²) in [6.45, 7) is 0.223. The maximum Gasteiger partial charge on any atom is 0.241 e. The highest BCUT2D eigenvalue weighted by atomic mass is 79.9. The molecule has 0 bridgehead atoms. The lowest BCUT2D eigenvalue weighted by Crippen LogP contribution is -2.33. The Morgan fingerprint density at radius 1 is 1.21 bits per heavy atom. The third-order valence-corrected chi connectivity index (χ3v) is 3.94. The summed E-state index contributed by atoms with van der Waals surface area (Å²) in [5.41, 5.74) is 7.56. The van der Waals surface area contributed by atoms with Gasteiger partial charge in [-0.3, -0.25) is 14.9 Å². The second-order valence-corrected chi connectivity index (χ2v) is 6.00. The summed E-state index contributed by atoms with van der Waals surface area (Å²) in [5.74, 6) is 0.830. The van der Waals surface area contributed by atoms with Crippen LogP contribution in [0.2, 0.25) is 0 Å². The monoisotopic (exact) mass is 386 g/mol. The average Bonchev–Trinajstić information content (AvgIpc) is 3.09. The summed E-state index contributed by atoms with van der Waals surface area (Å²) in [7, 11) is 0. The molecule has 0 radical (unpaired) electrons. The maximum atomic E-state index is 12.2. The summed E-state index contributed by atoms with van der Waals surface area (Å²) in [6, 6.07) is 10.2. The number of nitrogens with zero attached hydrogens (tertiary/aromatic N) is 3. The Morgan fingerprint density at radius 2 is 1.92 bits per heavy atom. The Morgan fingerprint density at radius 3 is 2.62 bits per heavy atom. The summed E-state index contributed by atoms with van der Waals surface area (Å²) in [6.07, 6.45) is 3.34. The molecule has 1 unspecified atom stereocenters. The van der Waals surface area contributed by atoms with Gasteiger partial charge in [-0.2, -0.15) is 5.10 Å². The van der Waals surface area contributed by atoms with Crippen molar-refractivity contribution in [1.29, 1.82) is 0 Å². The molecular formula is C16H15BrN6O. The van der Waals surface area contributed by atoms with Gasteiger partial charge in [0.15, 0.2) is 5.82 Å². The molecule has 4 N–H and O–H groups in total. The second-order valence-electron chi connectivity index (χ2n) is 5.09. The zero-order valence-electron chi connectivity index (χ0n) is 12.6. The Bertz CT molecular complexity index is 818. The number of nitrogens with one attached hydrogen (secondary N) is 2. The van der Waals surface area contributed by atoms with E-state index >= 15 is 0 Å². The Labute approximate surface area is 146 Å². The maximum absolute atomic E-state index is 12.2. The first-order valence-electron chi connectivity index (χ1n) is 7.24. The molecule has 0 fully saturated rings. The third-order valence-electron chi connectivity index (χ3n) is 3.41. The van der Waals surface area contributed by atoms with Crippen molar-refractivity contribution in [2.45, 2.75) is 12.6 Å². The van der Waals surface area contributed by atoms with Gasteiger partial charge in [-0.05, 0) is 29.8 Å². The smallest absolute Gasteiger partial charge is 0.241 e. The van der Waals surface area contributed by atoms with Crippen LogP contribution < -0.4 is 11.1 Å².